The first kappa shape index (κ1) is 26.6. The maximum atomic E-state index is 13.6. The first-order chi connectivity index (χ1) is 18.8. The number of benzene rings is 2. The van der Waals surface area contributed by atoms with Crippen LogP contribution in [0.25, 0.3) is 0 Å². The lowest BCUT2D eigenvalue weighted by Gasteiger charge is -2.34. The zero-order valence-electron chi connectivity index (χ0n) is 21.4. The quantitative estimate of drug-likeness (QED) is 0.605. The molecule has 39 heavy (non-hydrogen) atoms. The summed E-state index contributed by atoms with van der Waals surface area (Å²) < 4.78 is 31.9. The Morgan fingerprint density at radius 3 is 2.15 bits per heavy atom. The van der Waals surface area contributed by atoms with Crippen molar-refractivity contribution in [3.8, 4) is 11.8 Å². The molecule has 0 spiro atoms. The van der Waals surface area contributed by atoms with Crippen molar-refractivity contribution in [1.29, 1.82) is 5.26 Å². The van der Waals surface area contributed by atoms with Crippen molar-refractivity contribution in [1.82, 2.24) is 15.1 Å². The molecular formula is C29H30F2N4O4. The number of carbonyl (C=O) groups excluding carboxylic acids is 3. The molecule has 5 rings (SSSR count). The summed E-state index contributed by atoms with van der Waals surface area (Å²) in [5.74, 6) is -1.17. The van der Waals surface area contributed by atoms with E-state index >= 15 is 0 Å². The van der Waals surface area contributed by atoms with E-state index in [1.807, 2.05) is 0 Å². The van der Waals surface area contributed by atoms with Gasteiger partial charge in [0.2, 0.25) is 11.8 Å². The predicted octanol–water partition coefficient (Wildman–Crippen LogP) is 3.84. The number of nitrogens with zero attached hydrogens (tertiary/aromatic N) is 3. The highest BCUT2D eigenvalue weighted by Gasteiger charge is 2.53. The van der Waals surface area contributed by atoms with E-state index in [1.165, 1.54) is 36.4 Å². The van der Waals surface area contributed by atoms with Gasteiger partial charge in [-0.05, 0) is 67.6 Å². The molecule has 2 saturated heterocycles. The van der Waals surface area contributed by atoms with E-state index in [0.717, 1.165) is 5.56 Å². The van der Waals surface area contributed by atoms with Crippen LogP contribution in [0.2, 0.25) is 0 Å². The Kier molecular flexibility index (Phi) is 7.51. The molecule has 0 aromatic heterocycles. The van der Waals surface area contributed by atoms with Crippen LogP contribution in [0.1, 0.15) is 37.2 Å². The molecule has 3 fully saturated rings. The third kappa shape index (κ3) is 5.87. The van der Waals surface area contributed by atoms with Gasteiger partial charge in [0.05, 0.1) is 6.07 Å². The van der Waals surface area contributed by atoms with Crippen LogP contribution in [-0.4, -0.2) is 60.4 Å². The molecule has 8 nitrogen and oxygen atoms in total. The summed E-state index contributed by atoms with van der Waals surface area (Å²) in [6, 6.07) is 13.4. The normalized spacial score (nSPS) is 22.2. The number of halogens is 2. The van der Waals surface area contributed by atoms with Gasteiger partial charge in [-0.3, -0.25) is 9.59 Å². The monoisotopic (exact) mass is 536 g/mol. The summed E-state index contributed by atoms with van der Waals surface area (Å²) in [5.41, 5.74) is 0.0174. The molecule has 10 heteroatoms. The minimum absolute atomic E-state index is 0.00650. The molecule has 2 unspecified atom stereocenters. The fourth-order valence-electron chi connectivity index (χ4n) is 5.59. The van der Waals surface area contributed by atoms with Gasteiger partial charge in [-0.2, -0.15) is 5.26 Å². The van der Waals surface area contributed by atoms with Gasteiger partial charge < -0.3 is 19.9 Å². The Morgan fingerprint density at radius 2 is 1.56 bits per heavy atom. The summed E-state index contributed by atoms with van der Waals surface area (Å²) in [7, 11) is 0. The third-order valence-electron chi connectivity index (χ3n) is 8.09. The maximum absolute atomic E-state index is 13.6. The van der Waals surface area contributed by atoms with Crippen LogP contribution < -0.4 is 10.1 Å². The van der Waals surface area contributed by atoms with Gasteiger partial charge in [0, 0.05) is 50.5 Å². The lowest BCUT2D eigenvalue weighted by Crippen LogP contribution is -2.46. The predicted molar refractivity (Wildman–Crippen MR) is 136 cm³/mol. The minimum Gasteiger partial charge on any atom is -0.410 e. The molecule has 2 atom stereocenters. The molecule has 2 aromatic rings. The first-order valence-electron chi connectivity index (χ1n) is 13.2. The minimum atomic E-state index is -0.855. The molecule has 2 aromatic carbocycles. The average Bonchev–Trinajstić information content (AvgIpc) is 3.65. The molecule has 2 aliphatic heterocycles. The number of rotatable bonds is 6. The molecule has 1 saturated carbocycles. The van der Waals surface area contributed by atoms with Crippen LogP contribution in [0.15, 0.2) is 48.5 Å². The Morgan fingerprint density at radius 1 is 0.949 bits per heavy atom. The van der Waals surface area contributed by atoms with Gasteiger partial charge in [-0.25, -0.2) is 13.6 Å². The number of amides is 3. The number of hydrogen-bond acceptors (Lipinski definition) is 5. The van der Waals surface area contributed by atoms with Crippen LogP contribution >= 0.6 is 0 Å². The summed E-state index contributed by atoms with van der Waals surface area (Å²) in [4.78, 5) is 42.1. The Hall–Kier alpha value is -4.00. The summed E-state index contributed by atoms with van der Waals surface area (Å²) in [6.07, 6.45) is 1.60. The van der Waals surface area contributed by atoms with Crippen molar-refractivity contribution in [3.63, 3.8) is 0 Å². The second-order valence-corrected chi connectivity index (χ2v) is 10.6. The van der Waals surface area contributed by atoms with E-state index in [0.29, 0.717) is 51.9 Å². The number of ether oxygens (including phenoxy) is 1. The van der Waals surface area contributed by atoms with E-state index in [-0.39, 0.29) is 47.7 Å². The molecule has 3 aliphatic rings. The van der Waals surface area contributed by atoms with Crippen molar-refractivity contribution in [2.45, 2.75) is 31.6 Å². The highest BCUT2D eigenvalue weighted by Crippen LogP contribution is 2.47. The van der Waals surface area contributed by atoms with Gasteiger partial charge in [-0.15, -0.1) is 0 Å². The van der Waals surface area contributed by atoms with Crippen molar-refractivity contribution < 1.29 is 27.9 Å². The molecule has 1 N–H and O–H groups in total. The molecule has 0 radical (unpaired) electrons. The SMILES string of the molecule is N#CC1(C(=O)N2CCC(C(=O)N3CC(CNC(=O)Oc4ccc(F)cc4)C(c4ccc(F)cc4)C3)CC2)CC1. The van der Waals surface area contributed by atoms with E-state index in [2.05, 4.69) is 11.4 Å². The standard InChI is InChI=1S/C29H30F2N4O4/c30-22-3-1-19(2-4-22)25-17-35(16-21(25)15-33-28(38)39-24-7-5-23(31)6-8-24)26(36)20-9-13-34(14-10-20)27(37)29(18-32)11-12-29/h1-8,20-21,25H,9-17H2,(H,33,38). The molecular weight excluding hydrogens is 506 g/mol. The van der Waals surface area contributed by atoms with Crippen molar-refractivity contribution >= 4 is 17.9 Å². The number of carbonyl (C=O) groups is 3. The van der Waals surface area contributed by atoms with Crippen LogP contribution in [-0.2, 0) is 9.59 Å². The molecule has 2 heterocycles. The van der Waals surface area contributed by atoms with E-state index in [1.54, 1.807) is 21.9 Å². The first-order valence-corrected chi connectivity index (χ1v) is 13.2. The van der Waals surface area contributed by atoms with Gasteiger partial charge >= 0.3 is 6.09 Å². The van der Waals surface area contributed by atoms with Crippen LogP contribution in [0, 0.1) is 40.2 Å². The smallest absolute Gasteiger partial charge is 0.410 e. The lowest BCUT2D eigenvalue weighted by atomic mass is 9.89. The number of nitriles is 1. The number of piperidine rings is 1. The van der Waals surface area contributed by atoms with Gasteiger partial charge in [-0.1, -0.05) is 12.1 Å². The van der Waals surface area contributed by atoms with E-state index in [4.69, 9.17) is 4.74 Å². The molecule has 1 aliphatic carbocycles. The van der Waals surface area contributed by atoms with Crippen LogP contribution in [0.4, 0.5) is 13.6 Å². The largest absolute Gasteiger partial charge is 0.412 e. The van der Waals surface area contributed by atoms with Gasteiger partial charge in [0.1, 0.15) is 22.8 Å². The van der Waals surface area contributed by atoms with Crippen LogP contribution in [0.3, 0.4) is 0 Å². The maximum Gasteiger partial charge on any atom is 0.412 e. The lowest BCUT2D eigenvalue weighted by molar-refractivity contribution is -0.141. The van der Waals surface area contributed by atoms with E-state index in [9.17, 15) is 28.4 Å². The Bertz CT molecular complexity index is 1270. The van der Waals surface area contributed by atoms with E-state index < -0.39 is 17.3 Å². The van der Waals surface area contributed by atoms with Crippen molar-refractivity contribution in [2.75, 3.05) is 32.7 Å². The van der Waals surface area contributed by atoms with Gasteiger partial charge in [0.25, 0.3) is 0 Å². The number of hydrogen-bond donors (Lipinski definition) is 1. The fraction of sp³-hybridized carbons (Fsp3) is 0.448. The molecule has 3 amide bonds. The zero-order chi connectivity index (χ0) is 27.6. The molecule has 204 valence electrons. The van der Waals surface area contributed by atoms with Crippen molar-refractivity contribution in [3.05, 3.63) is 65.7 Å². The van der Waals surface area contributed by atoms with Crippen molar-refractivity contribution in [2.24, 2.45) is 17.3 Å². The third-order valence-corrected chi connectivity index (χ3v) is 8.09. The highest BCUT2D eigenvalue weighted by molar-refractivity contribution is 5.88. The zero-order valence-corrected chi connectivity index (χ0v) is 21.4. The van der Waals surface area contributed by atoms with Crippen LogP contribution in [0.5, 0.6) is 5.75 Å². The fourth-order valence-corrected chi connectivity index (χ4v) is 5.59. The summed E-state index contributed by atoms with van der Waals surface area (Å²) >= 11 is 0. The van der Waals surface area contributed by atoms with Gasteiger partial charge in [0.15, 0.2) is 0 Å². The molecule has 0 bridgehead atoms. The number of likely N-dealkylation sites (tertiary alicyclic amines) is 2. The number of nitrogens with one attached hydrogen (secondary N) is 1. The summed E-state index contributed by atoms with van der Waals surface area (Å²) in [6.45, 7) is 1.98. The topological polar surface area (TPSA) is 103 Å². The Labute approximate surface area is 225 Å². The summed E-state index contributed by atoms with van der Waals surface area (Å²) in [5, 5.41) is 12.1. The Balaban J connectivity index is 1.20. The second-order valence-electron chi connectivity index (χ2n) is 10.6. The second kappa shape index (κ2) is 11.0. The average molecular weight is 537 g/mol. The highest BCUT2D eigenvalue weighted by atomic mass is 19.1.